The molecule has 2 aromatic carbocycles. The molecule has 1 saturated heterocycles. The van der Waals surface area contributed by atoms with Crippen LogP contribution in [0.15, 0.2) is 42.5 Å². The highest BCUT2D eigenvalue weighted by Crippen LogP contribution is 2.41. The largest absolute Gasteiger partial charge is 0.497 e. The average Bonchev–Trinajstić information content (AvgIpc) is 3.18. The lowest BCUT2D eigenvalue weighted by Crippen LogP contribution is -2.34. The molecule has 0 aliphatic carbocycles. The van der Waals surface area contributed by atoms with Crippen LogP contribution >= 0.6 is 11.8 Å². The fraction of sp³-hybridized carbons (Fsp3) is 0.350. The number of anilines is 1. The third-order valence-corrected chi connectivity index (χ3v) is 5.71. The Hall–Kier alpha value is -2.34. The number of thioether (sulfide) groups is 1. The highest BCUT2D eigenvalue weighted by atomic mass is 32.2. The van der Waals surface area contributed by atoms with E-state index in [0.717, 1.165) is 40.5 Å². The Labute approximate surface area is 158 Å². The molecule has 2 aromatic rings. The molecule has 1 aliphatic heterocycles. The van der Waals surface area contributed by atoms with E-state index in [-0.39, 0.29) is 11.4 Å². The minimum Gasteiger partial charge on any atom is -0.497 e. The van der Waals surface area contributed by atoms with Crippen LogP contribution < -0.4 is 14.8 Å². The van der Waals surface area contributed by atoms with Gasteiger partial charge in [0.05, 0.1) is 14.2 Å². The van der Waals surface area contributed by atoms with Gasteiger partial charge in [0, 0.05) is 24.1 Å². The van der Waals surface area contributed by atoms with Crippen molar-refractivity contribution in [2.45, 2.75) is 18.7 Å². The first-order valence-corrected chi connectivity index (χ1v) is 9.71. The van der Waals surface area contributed by atoms with E-state index in [2.05, 4.69) is 12.2 Å². The average molecular weight is 372 g/mol. The van der Waals surface area contributed by atoms with Gasteiger partial charge in [-0.3, -0.25) is 0 Å². The molecule has 0 aromatic heterocycles. The number of carbonyl (C=O) groups is 1. The van der Waals surface area contributed by atoms with Crippen LogP contribution in [0.2, 0.25) is 0 Å². The van der Waals surface area contributed by atoms with Gasteiger partial charge in [-0.1, -0.05) is 25.1 Å². The summed E-state index contributed by atoms with van der Waals surface area (Å²) < 4.78 is 10.7. The van der Waals surface area contributed by atoms with Gasteiger partial charge in [-0.25, -0.2) is 4.79 Å². The number of nitrogens with one attached hydrogen (secondary N) is 1. The van der Waals surface area contributed by atoms with Gasteiger partial charge in [0.15, 0.2) is 0 Å². The van der Waals surface area contributed by atoms with Gasteiger partial charge in [-0.15, -0.1) is 11.8 Å². The van der Waals surface area contributed by atoms with Crippen LogP contribution in [0.1, 0.15) is 23.4 Å². The summed E-state index contributed by atoms with van der Waals surface area (Å²) in [6.45, 7) is 2.79. The molecule has 1 N–H and O–H groups in total. The monoisotopic (exact) mass is 372 g/mol. The van der Waals surface area contributed by atoms with Crippen molar-refractivity contribution in [1.82, 2.24) is 4.90 Å². The maximum Gasteiger partial charge on any atom is 0.323 e. The molecular weight excluding hydrogens is 348 g/mol. The third kappa shape index (κ3) is 3.90. The van der Waals surface area contributed by atoms with E-state index in [4.69, 9.17) is 9.47 Å². The molecule has 0 radical (unpaired) electrons. The summed E-state index contributed by atoms with van der Waals surface area (Å²) in [6, 6.07) is 13.6. The van der Waals surface area contributed by atoms with Crippen molar-refractivity contribution in [3.63, 3.8) is 0 Å². The molecule has 26 heavy (non-hydrogen) atoms. The predicted molar refractivity (Wildman–Crippen MR) is 106 cm³/mol. The molecule has 5 nitrogen and oxygen atoms in total. The molecule has 2 amide bonds. The highest BCUT2D eigenvalue weighted by molar-refractivity contribution is 7.99. The first-order chi connectivity index (χ1) is 12.7. The first-order valence-electron chi connectivity index (χ1n) is 8.66. The van der Waals surface area contributed by atoms with Crippen molar-refractivity contribution in [3.05, 3.63) is 53.6 Å². The van der Waals surface area contributed by atoms with E-state index in [1.807, 2.05) is 47.4 Å². The number of para-hydroxylation sites is 1. The van der Waals surface area contributed by atoms with Crippen molar-refractivity contribution >= 4 is 23.5 Å². The van der Waals surface area contributed by atoms with Crippen LogP contribution in [0.5, 0.6) is 11.5 Å². The Balaban J connectivity index is 1.83. The van der Waals surface area contributed by atoms with Crippen molar-refractivity contribution in [3.8, 4) is 11.5 Å². The number of urea groups is 1. The van der Waals surface area contributed by atoms with Crippen molar-refractivity contribution in [1.29, 1.82) is 0 Å². The molecule has 1 unspecified atom stereocenters. The molecule has 0 saturated carbocycles. The Morgan fingerprint density at radius 3 is 2.54 bits per heavy atom. The normalized spacial score (nSPS) is 16.4. The summed E-state index contributed by atoms with van der Waals surface area (Å²) in [5.74, 6) is 2.35. The zero-order chi connectivity index (χ0) is 18.5. The maximum absolute atomic E-state index is 12.9. The summed E-state index contributed by atoms with van der Waals surface area (Å²) in [6.07, 6.45) is 0.877. The lowest BCUT2D eigenvalue weighted by Gasteiger charge is -2.25. The summed E-state index contributed by atoms with van der Waals surface area (Å²) in [4.78, 5) is 14.8. The van der Waals surface area contributed by atoms with Crippen molar-refractivity contribution in [2.75, 3.05) is 31.8 Å². The number of methoxy groups -OCH3 is 2. The SMILES string of the molecule is CCc1ccccc1NC(=O)N1CCSC1c1cc(OC)cc(OC)c1. The lowest BCUT2D eigenvalue weighted by atomic mass is 10.1. The van der Waals surface area contributed by atoms with Gasteiger partial charge < -0.3 is 19.7 Å². The fourth-order valence-corrected chi connectivity index (χ4v) is 4.30. The summed E-state index contributed by atoms with van der Waals surface area (Å²) in [7, 11) is 3.26. The number of hydrogen-bond acceptors (Lipinski definition) is 4. The Bertz CT molecular complexity index is 759. The Morgan fingerprint density at radius 2 is 1.88 bits per heavy atom. The van der Waals surface area contributed by atoms with Crippen LogP contribution in [0, 0.1) is 0 Å². The second-order valence-corrected chi connectivity index (χ2v) is 7.19. The quantitative estimate of drug-likeness (QED) is 0.837. The minimum atomic E-state index is -0.0808. The molecule has 6 heteroatoms. The third-order valence-electron chi connectivity index (χ3n) is 4.45. The van der Waals surface area contributed by atoms with E-state index in [1.54, 1.807) is 26.0 Å². The summed E-state index contributed by atoms with van der Waals surface area (Å²) in [5, 5.41) is 3.01. The van der Waals surface area contributed by atoms with E-state index in [0.29, 0.717) is 6.54 Å². The zero-order valence-electron chi connectivity index (χ0n) is 15.3. The van der Waals surface area contributed by atoms with Gasteiger partial charge in [0.25, 0.3) is 0 Å². The lowest BCUT2D eigenvalue weighted by molar-refractivity contribution is 0.214. The molecule has 0 spiro atoms. The van der Waals surface area contributed by atoms with Crippen LogP contribution in [-0.4, -0.2) is 37.4 Å². The highest BCUT2D eigenvalue weighted by Gasteiger charge is 2.31. The smallest absolute Gasteiger partial charge is 0.323 e. The van der Waals surface area contributed by atoms with Crippen molar-refractivity contribution < 1.29 is 14.3 Å². The van der Waals surface area contributed by atoms with Gasteiger partial charge in [-0.05, 0) is 35.7 Å². The second kappa shape index (κ2) is 8.36. The standard InChI is InChI=1S/C20H24N2O3S/c1-4-14-7-5-6-8-18(14)21-20(23)22-9-10-26-19(22)15-11-16(24-2)13-17(12-15)25-3/h5-8,11-13,19H,4,9-10H2,1-3H3,(H,21,23). The van der Waals surface area contributed by atoms with Crippen LogP contribution in [0.25, 0.3) is 0 Å². The van der Waals surface area contributed by atoms with Crippen LogP contribution in [0.3, 0.4) is 0 Å². The molecule has 3 rings (SSSR count). The predicted octanol–water partition coefficient (Wildman–Crippen LogP) is 4.55. The number of benzene rings is 2. The Morgan fingerprint density at radius 1 is 1.19 bits per heavy atom. The maximum atomic E-state index is 12.9. The second-order valence-electron chi connectivity index (χ2n) is 6.00. The minimum absolute atomic E-state index is 0.0622. The number of aryl methyl sites for hydroxylation is 1. The Kier molecular flexibility index (Phi) is 5.93. The molecule has 1 heterocycles. The number of rotatable bonds is 5. The van der Waals surface area contributed by atoms with Crippen LogP contribution in [0.4, 0.5) is 10.5 Å². The van der Waals surface area contributed by atoms with Crippen LogP contribution in [-0.2, 0) is 6.42 Å². The number of ether oxygens (including phenoxy) is 2. The van der Waals surface area contributed by atoms with E-state index in [9.17, 15) is 4.79 Å². The summed E-state index contributed by atoms with van der Waals surface area (Å²) in [5.41, 5.74) is 3.01. The first kappa shape index (κ1) is 18.5. The molecule has 1 fully saturated rings. The number of hydrogen-bond donors (Lipinski definition) is 1. The molecular formula is C20H24N2O3S. The fourth-order valence-electron chi connectivity index (χ4n) is 3.06. The van der Waals surface area contributed by atoms with Crippen molar-refractivity contribution in [2.24, 2.45) is 0 Å². The van der Waals surface area contributed by atoms with E-state index >= 15 is 0 Å². The number of nitrogens with zero attached hydrogens (tertiary/aromatic N) is 1. The van der Waals surface area contributed by atoms with Gasteiger partial charge in [-0.2, -0.15) is 0 Å². The van der Waals surface area contributed by atoms with E-state index < -0.39 is 0 Å². The van der Waals surface area contributed by atoms with Gasteiger partial charge in [0.1, 0.15) is 16.9 Å². The summed E-state index contributed by atoms with van der Waals surface area (Å²) >= 11 is 1.74. The van der Waals surface area contributed by atoms with E-state index in [1.165, 1.54) is 0 Å². The molecule has 1 aliphatic rings. The molecule has 1 atom stereocenters. The zero-order valence-corrected chi connectivity index (χ0v) is 16.1. The number of amides is 2. The number of carbonyl (C=O) groups excluding carboxylic acids is 1. The topological polar surface area (TPSA) is 50.8 Å². The van der Waals surface area contributed by atoms with Gasteiger partial charge in [0.2, 0.25) is 0 Å². The molecule has 0 bridgehead atoms. The van der Waals surface area contributed by atoms with Gasteiger partial charge >= 0.3 is 6.03 Å². The molecule has 138 valence electrons.